The Morgan fingerprint density at radius 2 is 1.84 bits per heavy atom. The highest BCUT2D eigenvalue weighted by atomic mass is 19.4. The molecular formula is C9H4F3N3O4. The molecule has 10 heteroatoms. The summed E-state index contributed by atoms with van der Waals surface area (Å²) in [4.78, 5) is 22.4. The van der Waals surface area contributed by atoms with Crippen molar-refractivity contribution in [1.82, 2.24) is 0 Å². The van der Waals surface area contributed by atoms with E-state index in [1.807, 2.05) is 4.79 Å². The molecule has 0 amide bonds. The Bertz CT molecular complexity index is 561. The van der Waals surface area contributed by atoms with Crippen molar-refractivity contribution >= 4 is 17.4 Å². The molecule has 0 bridgehead atoms. The number of hydrogen-bond donors (Lipinski definition) is 0. The quantitative estimate of drug-likeness (QED) is 0.159. The van der Waals surface area contributed by atoms with Crippen LogP contribution in [-0.4, -0.2) is 27.6 Å². The van der Waals surface area contributed by atoms with Gasteiger partial charge < -0.3 is 10.3 Å². The van der Waals surface area contributed by atoms with Gasteiger partial charge in [0.15, 0.2) is 0 Å². The van der Waals surface area contributed by atoms with Gasteiger partial charge in [-0.1, -0.05) is 0 Å². The van der Waals surface area contributed by atoms with E-state index in [-0.39, 0.29) is 11.4 Å². The summed E-state index contributed by atoms with van der Waals surface area (Å²) < 4.78 is 40.7. The maximum absolute atomic E-state index is 12.2. The highest BCUT2D eigenvalue weighted by molar-refractivity contribution is 6.36. The number of nitro benzene ring substituents is 1. The fraction of sp³-hybridized carbons (Fsp3) is 0.111. The van der Waals surface area contributed by atoms with Gasteiger partial charge in [-0.15, -0.1) is 0 Å². The van der Waals surface area contributed by atoms with E-state index in [2.05, 4.69) is 4.74 Å². The summed E-state index contributed by atoms with van der Waals surface area (Å²) in [5, 5.41) is 10.3. The molecule has 1 rings (SSSR count). The van der Waals surface area contributed by atoms with Gasteiger partial charge in [-0.2, -0.15) is 18.0 Å². The van der Waals surface area contributed by atoms with Crippen LogP contribution in [0.15, 0.2) is 24.3 Å². The Hall–Kier alpha value is -2.74. The summed E-state index contributed by atoms with van der Waals surface area (Å²) in [6.07, 6.45) is -5.17. The minimum Gasteiger partial charge on any atom is -0.418 e. The summed E-state index contributed by atoms with van der Waals surface area (Å²) >= 11 is 0. The predicted octanol–water partition coefficient (Wildman–Crippen LogP) is 1.73. The predicted molar refractivity (Wildman–Crippen MR) is 53.4 cm³/mol. The minimum atomic E-state index is -5.17. The number of alkyl halides is 3. The first-order valence-electron chi connectivity index (χ1n) is 4.51. The van der Waals surface area contributed by atoms with Crippen molar-refractivity contribution in [2.24, 2.45) is 0 Å². The van der Waals surface area contributed by atoms with Gasteiger partial charge in [0, 0.05) is 12.1 Å². The van der Waals surface area contributed by atoms with E-state index < -0.39 is 22.8 Å². The lowest BCUT2D eigenvalue weighted by Crippen LogP contribution is -2.35. The van der Waals surface area contributed by atoms with Crippen LogP contribution in [0, 0.1) is 10.1 Å². The van der Waals surface area contributed by atoms with E-state index in [9.17, 15) is 28.1 Å². The molecule has 0 saturated carbocycles. The zero-order valence-corrected chi connectivity index (χ0v) is 8.92. The number of esters is 1. The highest BCUT2D eigenvalue weighted by Crippen LogP contribution is 2.20. The zero-order chi connectivity index (χ0) is 14.6. The lowest BCUT2D eigenvalue weighted by atomic mass is 10.3. The summed E-state index contributed by atoms with van der Waals surface area (Å²) in [6, 6.07) is 3.74. The molecule has 0 saturated heterocycles. The topological polar surface area (TPSA) is 106 Å². The van der Waals surface area contributed by atoms with Crippen LogP contribution >= 0.6 is 0 Å². The van der Waals surface area contributed by atoms with Gasteiger partial charge in [0.25, 0.3) is 5.69 Å². The zero-order valence-electron chi connectivity index (χ0n) is 8.92. The first-order chi connectivity index (χ1) is 8.75. The molecule has 0 atom stereocenters. The van der Waals surface area contributed by atoms with Crippen molar-refractivity contribution < 1.29 is 32.4 Å². The second kappa shape index (κ2) is 5.27. The molecule has 100 valence electrons. The Kier molecular flexibility index (Phi) is 3.97. The summed E-state index contributed by atoms with van der Waals surface area (Å²) in [5.74, 6) is -2.29. The van der Waals surface area contributed by atoms with Crippen LogP contribution in [-0.2, 0) is 4.79 Å². The molecule has 0 aliphatic heterocycles. The van der Waals surface area contributed by atoms with Crippen molar-refractivity contribution in [2.45, 2.75) is 6.18 Å². The molecule has 7 nitrogen and oxygen atoms in total. The molecule has 0 heterocycles. The number of ether oxygens (including phenoxy) is 1. The fourth-order valence-corrected chi connectivity index (χ4v) is 1.00. The van der Waals surface area contributed by atoms with Gasteiger partial charge >= 0.3 is 17.9 Å². The normalized spacial score (nSPS) is 10.5. The molecule has 0 aliphatic carbocycles. The smallest absolute Gasteiger partial charge is 0.418 e. The molecule has 1 aromatic carbocycles. The Labute approximate surface area is 103 Å². The SMILES string of the molecule is [N-]=[N+]=C(C(=O)Oc1ccc([N+](=O)[O-])cc1)C(F)(F)F. The number of halogens is 3. The number of rotatable bonds is 3. The van der Waals surface area contributed by atoms with E-state index in [1.165, 1.54) is 0 Å². The molecule has 0 unspecified atom stereocenters. The van der Waals surface area contributed by atoms with Gasteiger partial charge in [0.2, 0.25) is 0 Å². The fourth-order valence-electron chi connectivity index (χ4n) is 1.00. The van der Waals surface area contributed by atoms with Crippen LogP contribution in [0.2, 0.25) is 0 Å². The number of carbonyl (C=O) groups is 1. The van der Waals surface area contributed by atoms with Crippen LogP contribution < -0.4 is 4.74 Å². The third-order valence-electron chi connectivity index (χ3n) is 1.82. The summed E-state index contributed by atoms with van der Waals surface area (Å²) in [5.41, 5.74) is 5.64. The molecule has 19 heavy (non-hydrogen) atoms. The van der Waals surface area contributed by atoms with Crippen molar-refractivity contribution in [1.29, 1.82) is 0 Å². The monoisotopic (exact) mass is 275 g/mol. The molecule has 1 aromatic rings. The van der Waals surface area contributed by atoms with E-state index in [1.54, 1.807) is 0 Å². The molecule has 0 fully saturated rings. The number of non-ortho nitro benzene ring substituents is 1. The molecule has 0 radical (unpaired) electrons. The summed E-state index contributed by atoms with van der Waals surface area (Å²) in [7, 11) is 0. The van der Waals surface area contributed by atoms with Gasteiger partial charge in [0.05, 0.1) is 4.92 Å². The largest absolute Gasteiger partial charge is 0.503 e. The average Bonchev–Trinajstić information content (AvgIpc) is 2.28. The molecule has 0 spiro atoms. The number of carbonyl (C=O) groups excluding carboxylic acids is 1. The minimum absolute atomic E-state index is 0.327. The van der Waals surface area contributed by atoms with Crippen LogP contribution in [0.3, 0.4) is 0 Å². The van der Waals surface area contributed by atoms with Gasteiger partial charge in [0.1, 0.15) is 5.75 Å². The summed E-state index contributed by atoms with van der Waals surface area (Å²) in [6.45, 7) is 0. The second-order valence-electron chi connectivity index (χ2n) is 3.09. The van der Waals surface area contributed by atoms with Crippen LogP contribution in [0.1, 0.15) is 0 Å². The van der Waals surface area contributed by atoms with E-state index in [0.717, 1.165) is 24.3 Å². The standard InChI is InChI=1S/C9H4F3N3O4/c10-9(11,12)7(14-13)8(16)19-6-3-1-5(2-4-6)15(17)18/h1-4H. The molecule has 0 aromatic heterocycles. The lowest BCUT2D eigenvalue weighted by molar-refractivity contribution is -0.384. The third-order valence-corrected chi connectivity index (χ3v) is 1.82. The van der Waals surface area contributed by atoms with Gasteiger partial charge in [-0.3, -0.25) is 10.1 Å². The van der Waals surface area contributed by atoms with Crippen LogP contribution in [0.4, 0.5) is 18.9 Å². The Balaban J connectivity index is 2.88. The van der Waals surface area contributed by atoms with Crippen LogP contribution in [0.25, 0.3) is 5.53 Å². The maximum atomic E-state index is 12.2. The first kappa shape index (κ1) is 14.3. The van der Waals surface area contributed by atoms with Crippen molar-refractivity contribution in [3.63, 3.8) is 0 Å². The first-order valence-corrected chi connectivity index (χ1v) is 4.51. The second-order valence-corrected chi connectivity index (χ2v) is 3.09. The van der Waals surface area contributed by atoms with Gasteiger partial charge in [-0.05, 0) is 12.1 Å². The molecule has 0 N–H and O–H groups in total. The number of nitro groups is 1. The number of benzene rings is 1. The van der Waals surface area contributed by atoms with Crippen molar-refractivity contribution in [3.05, 3.63) is 39.9 Å². The van der Waals surface area contributed by atoms with E-state index in [0.29, 0.717) is 0 Å². The Morgan fingerprint density at radius 3 is 2.21 bits per heavy atom. The average molecular weight is 275 g/mol. The maximum Gasteiger partial charge on any atom is 0.503 e. The third kappa shape index (κ3) is 3.61. The highest BCUT2D eigenvalue weighted by Gasteiger charge is 2.51. The van der Waals surface area contributed by atoms with Gasteiger partial charge in [-0.25, -0.2) is 4.79 Å². The number of hydrogen-bond acceptors (Lipinski definition) is 4. The Morgan fingerprint density at radius 1 is 1.32 bits per heavy atom. The van der Waals surface area contributed by atoms with E-state index >= 15 is 0 Å². The number of nitrogens with zero attached hydrogens (tertiary/aromatic N) is 3. The van der Waals surface area contributed by atoms with Crippen molar-refractivity contribution in [2.75, 3.05) is 0 Å². The molecule has 0 aliphatic rings. The molecular weight excluding hydrogens is 271 g/mol. The van der Waals surface area contributed by atoms with Crippen LogP contribution in [0.5, 0.6) is 5.75 Å². The van der Waals surface area contributed by atoms with Crippen molar-refractivity contribution in [3.8, 4) is 5.75 Å². The van der Waals surface area contributed by atoms with E-state index in [4.69, 9.17) is 5.53 Å². The lowest BCUT2D eigenvalue weighted by Gasteiger charge is -2.02.